The lowest BCUT2D eigenvalue weighted by atomic mass is 9.53. The number of esters is 2. The number of hydrogen-bond acceptors (Lipinski definition) is 11. The van der Waals surface area contributed by atoms with Gasteiger partial charge in [0.05, 0.1) is 49.5 Å². The Bertz CT molecular complexity index is 1360. The molecule has 0 radical (unpaired) electrons. The Morgan fingerprint density at radius 1 is 0.878 bits per heavy atom. The molecule has 41 heavy (non-hydrogen) atoms. The number of nitrogens with zero attached hydrogens (tertiary/aromatic N) is 5. The zero-order valence-electron chi connectivity index (χ0n) is 22.9. The highest BCUT2D eigenvalue weighted by Gasteiger charge is 2.75. The molecule has 3 aromatic heterocycles. The Morgan fingerprint density at radius 2 is 1.41 bits per heavy atom. The maximum Gasteiger partial charge on any atom is 0.354 e. The minimum atomic E-state index is -1.71. The van der Waals surface area contributed by atoms with E-state index in [1.807, 2.05) is 9.80 Å². The van der Waals surface area contributed by atoms with Crippen molar-refractivity contribution in [1.82, 2.24) is 24.8 Å². The maximum absolute atomic E-state index is 14.0. The number of aromatic nitrogens is 3. The van der Waals surface area contributed by atoms with Gasteiger partial charge in [-0.25, -0.2) is 9.78 Å². The van der Waals surface area contributed by atoms with Crippen molar-refractivity contribution in [3.63, 3.8) is 0 Å². The third kappa shape index (κ3) is 4.44. The minimum absolute atomic E-state index is 0.0426. The van der Waals surface area contributed by atoms with Crippen molar-refractivity contribution in [2.24, 2.45) is 10.8 Å². The molecule has 5 heterocycles. The van der Waals surface area contributed by atoms with E-state index in [1.54, 1.807) is 68.0 Å². The van der Waals surface area contributed by atoms with Crippen LogP contribution in [0.15, 0.2) is 67.0 Å². The molecule has 5 rings (SSSR count). The van der Waals surface area contributed by atoms with E-state index >= 15 is 0 Å². The first kappa shape index (κ1) is 28.3. The number of carbonyl (C=O) groups is 3. The first-order chi connectivity index (χ1) is 19.7. The number of pyridine rings is 3. The topological polar surface area (TPSA) is 155 Å². The van der Waals surface area contributed by atoms with Gasteiger partial charge in [-0.1, -0.05) is 18.2 Å². The van der Waals surface area contributed by atoms with Crippen molar-refractivity contribution in [3.8, 4) is 0 Å². The predicted octanol–water partition coefficient (Wildman–Crippen LogP) is 1.49. The van der Waals surface area contributed by atoms with Gasteiger partial charge >= 0.3 is 17.9 Å². The van der Waals surface area contributed by atoms with Gasteiger partial charge < -0.3 is 19.7 Å². The first-order valence-corrected chi connectivity index (χ1v) is 13.0. The summed E-state index contributed by atoms with van der Waals surface area (Å²) in [7, 11) is 4.25. The molecule has 2 fully saturated rings. The fourth-order valence-corrected chi connectivity index (χ4v) is 6.78. The summed E-state index contributed by atoms with van der Waals surface area (Å²) in [5, 5.41) is 21.8. The van der Waals surface area contributed by atoms with Gasteiger partial charge in [0, 0.05) is 32.0 Å². The van der Waals surface area contributed by atoms with Crippen molar-refractivity contribution < 1.29 is 34.1 Å². The van der Waals surface area contributed by atoms with E-state index in [9.17, 15) is 24.6 Å². The van der Waals surface area contributed by atoms with Gasteiger partial charge in [0.2, 0.25) is 0 Å². The van der Waals surface area contributed by atoms with Crippen molar-refractivity contribution >= 4 is 17.9 Å². The molecule has 0 amide bonds. The highest BCUT2D eigenvalue weighted by atomic mass is 16.5. The number of fused-ring (bicyclic) bond motifs is 2. The molecule has 2 saturated heterocycles. The number of piperidine rings is 2. The fourth-order valence-electron chi connectivity index (χ4n) is 6.78. The van der Waals surface area contributed by atoms with Crippen molar-refractivity contribution in [2.45, 2.75) is 24.7 Å². The summed E-state index contributed by atoms with van der Waals surface area (Å²) in [6.45, 7) is -0.00289. The molecule has 0 spiro atoms. The minimum Gasteiger partial charge on any atom is -0.477 e. The van der Waals surface area contributed by atoms with Crippen LogP contribution in [0.2, 0.25) is 0 Å². The zero-order chi connectivity index (χ0) is 29.4. The molecule has 2 bridgehead atoms. The standard InChI is InChI=1S/C29H31N5O7/c1-33-22(19-10-4-6-13-30-19)28(26(38)40-2)16-34(15-18-9-8-12-21(32-18)24(35)36)17-29(25(28)37,27(39)41-3)23(33)20-11-5-7-14-31-20/h4-14,22-23,25,37H,15-17H2,1-3H3,(H,35,36). The number of carboxylic acids is 1. The third-order valence-electron chi connectivity index (χ3n) is 8.21. The molecule has 0 aliphatic carbocycles. The average molecular weight is 562 g/mol. The van der Waals surface area contributed by atoms with Gasteiger partial charge in [-0.15, -0.1) is 0 Å². The Morgan fingerprint density at radius 3 is 1.85 bits per heavy atom. The molecule has 3 aromatic rings. The summed E-state index contributed by atoms with van der Waals surface area (Å²) in [6, 6.07) is 13.5. The van der Waals surface area contributed by atoms with Crippen LogP contribution in [0.5, 0.6) is 0 Å². The summed E-state index contributed by atoms with van der Waals surface area (Å²) >= 11 is 0. The highest BCUT2D eigenvalue weighted by Crippen LogP contribution is 2.62. The van der Waals surface area contributed by atoms with Crippen LogP contribution in [0.3, 0.4) is 0 Å². The van der Waals surface area contributed by atoms with Crippen molar-refractivity contribution in [1.29, 1.82) is 0 Å². The summed E-state index contributed by atoms with van der Waals surface area (Å²) in [5.74, 6) is -2.63. The molecule has 2 aliphatic heterocycles. The largest absolute Gasteiger partial charge is 0.477 e. The van der Waals surface area contributed by atoms with Crippen LogP contribution < -0.4 is 0 Å². The highest BCUT2D eigenvalue weighted by molar-refractivity contribution is 5.86. The number of hydrogen-bond donors (Lipinski definition) is 2. The van der Waals surface area contributed by atoms with Crippen molar-refractivity contribution in [3.05, 3.63) is 89.8 Å². The molecule has 0 saturated carbocycles. The van der Waals surface area contributed by atoms with E-state index in [2.05, 4.69) is 15.0 Å². The lowest BCUT2D eigenvalue weighted by Crippen LogP contribution is -2.77. The number of methoxy groups -OCH3 is 2. The van der Waals surface area contributed by atoms with Gasteiger partial charge in [0.25, 0.3) is 0 Å². The monoisotopic (exact) mass is 561 g/mol. The second-order valence-electron chi connectivity index (χ2n) is 10.4. The SMILES string of the molecule is COC(=O)C12CN(Cc3cccc(C(=O)O)n3)CC(C(=O)OC)(C(c3ccccn3)N(C)C1c1ccccn1)C2O. The predicted molar refractivity (Wildman–Crippen MR) is 143 cm³/mol. The van der Waals surface area contributed by atoms with Gasteiger partial charge in [0.15, 0.2) is 0 Å². The molecule has 4 atom stereocenters. The number of aliphatic hydroxyl groups is 1. The van der Waals surface area contributed by atoms with E-state index in [4.69, 9.17) is 9.47 Å². The second-order valence-corrected chi connectivity index (χ2v) is 10.4. The average Bonchev–Trinajstić information content (AvgIpc) is 2.99. The summed E-state index contributed by atoms with van der Waals surface area (Å²) in [4.78, 5) is 56.5. The van der Waals surface area contributed by atoms with Crippen LogP contribution in [-0.4, -0.2) is 93.3 Å². The molecular formula is C29H31N5O7. The number of aliphatic hydroxyl groups excluding tert-OH is 1. The Kier molecular flexibility index (Phi) is 7.56. The molecular weight excluding hydrogens is 530 g/mol. The van der Waals surface area contributed by atoms with Crippen molar-refractivity contribution in [2.75, 3.05) is 34.4 Å². The molecule has 214 valence electrons. The number of carbonyl (C=O) groups excluding carboxylic acids is 2. The maximum atomic E-state index is 14.0. The van der Waals surface area contributed by atoms with E-state index in [-0.39, 0.29) is 25.3 Å². The molecule has 0 aromatic carbocycles. The molecule has 12 heteroatoms. The molecule has 12 nitrogen and oxygen atoms in total. The summed E-state index contributed by atoms with van der Waals surface area (Å²) in [5.41, 5.74) is -2.16. The van der Waals surface area contributed by atoms with Crippen LogP contribution in [0.4, 0.5) is 0 Å². The Hall–Kier alpha value is -4.26. The van der Waals surface area contributed by atoms with Crippen LogP contribution in [0, 0.1) is 10.8 Å². The van der Waals surface area contributed by atoms with E-state index < -0.39 is 46.9 Å². The number of carboxylic acid groups (broad SMARTS) is 1. The van der Waals surface area contributed by atoms with E-state index in [0.29, 0.717) is 17.1 Å². The molecule has 2 aliphatic rings. The van der Waals surface area contributed by atoms with Gasteiger partial charge in [-0.05, 0) is 43.4 Å². The summed E-state index contributed by atoms with van der Waals surface area (Å²) in [6.07, 6.45) is 1.63. The molecule has 2 N–H and O–H groups in total. The smallest absolute Gasteiger partial charge is 0.354 e. The van der Waals surface area contributed by atoms with Crippen LogP contribution in [0.25, 0.3) is 0 Å². The zero-order valence-corrected chi connectivity index (χ0v) is 22.9. The number of ether oxygens (including phenoxy) is 2. The lowest BCUT2D eigenvalue weighted by Gasteiger charge is -2.64. The first-order valence-electron chi connectivity index (χ1n) is 13.0. The fraction of sp³-hybridized carbons (Fsp3) is 0.379. The van der Waals surface area contributed by atoms with Crippen LogP contribution in [-0.2, 0) is 25.6 Å². The Balaban J connectivity index is 1.76. The van der Waals surface area contributed by atoms with Gasteiger partial charge in [-0.2, -0.15) is 0 Å². The third-order valence-corrected chi connectivity index (χ3v) is 8.21. The van der Waals surface area contributed by atoms with Gasteiger partial charge in [-0.3, -0.25) is 29.4 Å². The number of rotatable bonds is 7. The van der Waals surface area contributed by atoms with Crippen LogP contribution >= 0.6 is 0 Å². The van der Waals surface area contributed by atoms with E-state index in [1.165, 1.54) is 20.3 Å². The van der Waals surface area contributed by atoms with Gasteiger partial charge in [0.1, 0.15) is 16.5 Å². The number of aromatic carboxylic acids is 1. The summed E-state index contributed by atoms with van der Waals surface area (Å²) < 4.78 is 10.7. The lowest BCUT2D eigenvalue weighted by molar-refractivity contribution is -0.250. The Labute approximate surface area is 236 Å². The normalized spacial score (nSPS) is 28.0. The quantitative estimate of drug-likeness (QED) is 0.402. The van der Waals surface area contributed by atoms with E-state index in [0.717, 1.165) is 0 Å². The molecule has 4 unspecified atom stereocenters. The number of likely N-dealkylation sites (tertiary alicyclic amines) is 2. The van der Waals surface area contributed by atoms with Crippen LogP contribution in [0.1, 0.15) is 39.7 Å². The second kappa shape index (κ2) is 11.0.